The maximum absolute atomic E-state index is 9.19. The van der Waals surface area contributed by atoms with Gasteiger partial charge in [0, 0.05) is 10.6 Å². The summed E-state index contributed by atoms with van der Waals surface area (Å²) in [6.07, 6.45) is 3.70. The topological polar surface area (TPSA) is 40.5 Å². The number of thioether (sulfide) groups is 1. The fourth-order valence-electron chi connectivity index (χ4n) is 2.65. The second kappa shape index (κ2) is 6.04. The molecule has 2 N–H and O–H groups in total. The average Bonchev–Trinajstić information content (AvgIpc) is 2.93. The monoisotopic (exact) mass is 284 g/mol. The third kappa shape index (κ3) is 3.09. The average molecular weight is 284 g/mol. The molecule has 0 radical (unpaired) electrons. The molecule has 3 rings (SSSR count). The highest BCUT2D eigenvalue weighted by Gasteiger charge is 2.12. The van der Waals surface area contributed by atoms with Crippen molar-refractivity contribution in [1.29, 1.82) is 0 Å². The van der Waals surface area contributed by atoms with Gasteiger partial charge in [-0.2, -0.15) is 0 Å². The largest absolute Gasteiger partial charge is 0.488 e. The van der Waals surface area contributed by atoms with Crippen LogP contribution in [0.3, 0.4) is 0 Å². The van der Waals surface area contributed by atoms with E-state index in [4.69, 9.17) is 0 Å². The lowest BCUT2D eigenvalue weighted by Gasteiger charge is -2.06. The molecule has 0 saturated heterocycles. The van der Waals surface area contributed by atoms with Crippen molar-refractivity contribution in [3.05, 3.63) is 59.2 Å². The van der Waals surface area contributed by atoms with Crippen LogP contribution in [0.4, 0.5) is 0 Å². The normalized spacial score (nSPS) is 13.3. The van der Waals surface area contributed by atoms with Gasteiger partial charge in [-0.15, -0.1) is 11.8 Å². The summed E-state index contributed by atoms with van der Waals surface area (Å²) in [5.41, 5.74) is 4.66. The van der Waals surface area contributed by atoms with E-state index in [1.54, 1.807) is 17.8 Å². The zero-order valence-corrected chi connectivity index (χ0v) is 12.1. The summed E-state index contributed by atoms with van der Waals surface area (Å²) in [5.74, 6) is 0.847. The zero-order valence-electron chi connectivity index (χ0n) is 11.2. The van der Waals surface area contributed by atoms with Gasteiger partial charge in [0.25, 0.3) is 0 Å². The van der Waals surface area contributed by atoms with Gasteiger partial charge in [0.05, 0.1) is 0 Å². The van der Waals surface area contributed by atoms with Gasteiger partial charge in [-0.3, -0.25) is 0 Å². The standard InChI is InChI=1S/C16H17BO2S/c18-17(19)15-6-1-3-12(9-15)11-20-16-8-7-13-4-2-5-14(13)10-16/h1,3,6-10,18-19H,2,4-5,11H2. The highest BCUT2D eigenvalue weighted by Crippen LogP contribution is 2.29. The van der Waals surface area contributed by atoms with Crippen molar-refractivity contribution in [1.82, 2.24) is 0 Å². The van der Waals surface area contributed by atoms with Crippen LogP contribution in [0.25, 0.3) is 0 Å². The molecule has 0 fully saturated rings. The van der Waals surface area contributed by atoms with Gasteiger partial charge in [-0.25, -0.2) is 0 Å². The van der Waals surface area contributed by atoms with Crippen molar-refractivity contribution in [2.24, 2.45) is 0 Å². The van der Waals surface area contributed by atoms with E-state index >= 15 is 0 Å². The number of rotatable bonds is 4. The molecule has 0 aromatic heterocycles. The minimum Gasteiger partial charge on any atom is -0.423 e. The molecule has 1 aliphatic carbocycles. The summed E-state index contributed by atoms with van der Waals surface area (Å²) in [6, 6.07) is 14.2. The quantitative estimate of drug-likeness (QED) is 0.667. The summed E-state index contributed by atoms with van der Waals surface area (Å²) in [7, 11) is -1.39. The zero-order chi connectivity index (χ0) is 13.9. The predicted molar refractivity (Wildman–Crippen MR) is 84.3 cm³/mol. The number of aryl methyl sites for hydroxylation is 2. The Morgan fingerprint density at radius 3 is 2.70 bits per heavy atom. The van der Waals surface area contributed by atoms with E-state index in [2.05, 4.69) is 18.2 Å². The Morgan fingerprint density at radius 1 is 1.00 bits per heavy atom. The number of hydrogen-bond donors (Lipinski definition) is 2. The predicted octanol–water partition coefficient (Wildman–Crippen LogP) is 2.15. The maximum atomic E-state index is 9.19. The molecule has 2 nitrogen and oxygen atoms in total. The Hall–Kier alpha value is -1.23. The number of fused-ring (bicyclic) bond motifs is 1. The molecule has 0 heterocycles. The molecule has 2 aromatic rings. The Bertz CT molecular complexity index is 613. The Morgan fingerprint density at radius 2 is 1.85 bits per heavy atom. The fourth-order valence-corrected chi connectivity index (χ4v) is 3.55. The van der Waals surface area contributed by atoms with Crippen molar-refractivity contribution in [2.75, 3.05) is 0 Å². The molecule has 0 amide bonds. The van der Waals surface area contributed by atoms with Crippen LogP contribution in [0.2, 0.25) is 0 Å². The Labute approximate surface area is 124 Å². The van der Waals surface area contributed by atoms with Crippen LogP contribution in [0, 0.1) is 0 Å². The van der Waals surface area contributed by atoms with Gasteiger partial charge >= 0.3 is 7.12 Å². The summed E-state index contributed by atoms with van der Waals surface area (Å²) < 4.78 is 0. The van der Waals surface area contributed by atoms with E-state index in [0.29, 0.717) is 5.46 Å². The number of hydrogen-bond acceptors (Lipinski definition) is 3. The molecule has 0 saturated carbocycles. The minimum absolute atomic E-state index is 0.553. The number of benzene rings is 2. The molecule has 20 heavy (non-hydrogen) atoms. The lowest BCUT2D eigenvalue weighted by molar-refractivity contribution is 0.425. The molecular weight excluding hydrogens is 267 g/mol. The highest BCUT2D eigenvalue weighted by atomic mass is 32.2. The summed E-state index contributed by atoms with van der Waals surface area (Å²) in [6.45, 7) is 0. The summed E-state index contributed by atoms with van der Waals surface area (Å²) in [5, 5.41) is 18.4. The first kappa shape index (κ1) is 13.7. The van der Waals surface area contributed by atoms with Crippen LogP contribution >= 0.6 is 11.8 Å². The first-order valence-electron chi connectivity index (χ1n) is 6.92. The molecule has 1 aliphatic rings. The first-order chi connectivity index (χ1) is 9.72. The van der Waals surface area contributed by atoms with E-state index in [1.807, 2.05) is 18.2 Å². The highest BCUT2D eigenvalue weighted by molar-refractivity contribution is 7.98. The van der Waals surface area contributed by atoms with Crippen LogP contribution in [0.15, 0.2) is 47.4 Å². The van der Waals surface area contributed by atoms with Gasteiger partial charge in [-0.1, -0.05) is 30.3 Å². The van der Waals surface area contributed by atoms with Gasteiger partial charge < -0.3 is 10.0 Å². The van der Waals surface area contributed by atoms with Crippen LogP contribution in [0.5, 0.6) is 0 Å². The van der Waals surface area contributed by atoms with Crippen molar-refractivity contribution < 1.29 is 10.0 Å². The van der Waals surface area contributed by atoms with Crippen molar-refractivity contribution in [3.63, 3.8) is 0 Å². The third-order valence-electron chi connectivity index (χ3n) is 3.72. The van der Waals surface area contributed by atoms with Crippen molar-refractivity contribution in [3.8, 4) is 0 Å². The molecule has 4 heteroatoms. The molecule has 2 aromatic carbocycles. The summed E-state index contributed by atoms with van der Waals surface area (Å²) >= 11 is 1.80. The van der Waals surface area contributed by atoms with Crippen LogP contribution < -0.4 is 5.46 Å². The molecule has 0 bridgehead atoms. The molecule has 0 spiro atoms. The van der Waals surface area contributed by atoms with Gasteiger partial charge in [0.2, 0.25) is 0 Å². The molecule has 0 unspecified atom stereocenters. The molecule has 0 aliphatic heterocycles. The maximum Gasteiger partial charge on any atom is 0.488 e. The molecule has 102 valence electrons. The SMILES string of the molecule is OB(O)c1cccc(CSc2ccc3c(c2)CCC3)c1. The summed E-state index contributed by atoms with van der Waals surface area (Å²) in [4.78, 5) is 1.29. The van der Waals surface area contributed by atoms with E-state index in [9.17, 15) is 10.0 Å². The van der Waals surface area contributed by atoms with Crippen molar-refractivity contribution in [2.45, 2.75) is 29.9 Å². The third-order valence-corrected chi connectivity index (χ3v) is 4.79. The fraction of sp³-hybridized carbons (Fsp3) is 0.250. The second-order valence-electron chi connectivity index (χ2n) is 5.19. The van der Waals surface area contributed by atoms with Gasteiger partial charge in [-0.05, 0) is 53.5 Å². The molecular formula is C16H17BO2S. The Kier molecular flexibility index (Phi) is 4.15. The van der Waals surface area contributed by atoms with Crippen molar-refractivity contribution >= 4 is 24.3 Å². The molecule has 0 atom stereocenters. The first-order valence-corrected chi connectivity index (χ1v) is 7.90. The lowest BCUT2D eigenvalue weighted by Crippen LogP contribution is -2.29. The Balaban J connectivity index is 1.69. The lowest BCUT2D eigenvalue weighted by atomic mass is 9.80. The van der Waals surface area contributed by atoms with E-state index in [-0.39, 0.29) is 0 Å². The van der Waals surface area contributed by atoms with E-state index < -0.39 is 7.12 Å². The van der Waals surface area contributed by atoms with E-state index in [0.717, 1.165) is 11.3 Å². The van der Waals surface area contributed by atoms with Gasteiger partial charge in [0.15, 0.2) is 0 Å². The van der Waals surface area contributed by atoms with Gasteiger partial charge in [0.1, 0.15) is 0 Å². The van der Waals surface area contributed by atoms with Crippen LogP contribution in [0.1, 0.15) is 23.1 Å². The second-order valence-corrected chi connectivity index (χ2v) is 6.24. The van der Waals surface area contributed by atoms with Crippen LogP contribution in [-0.2, 0) is 18.6 Å². The smallest absolute Gasteiger partial charge is 0.423 e. The van der Waals surface area contributed by atoms with Crippen LogP contribution in [-0.4, -0.2) is 17.2 Å². The minimum atomic E-state index is -1.39. The van der Waals surface area contributed by atoms with E-state index in [1.165, 1.54) is 35.3 Å².